The predicted octanol–water partition coefficient (Wildman–Crippen LogP) is 3.04. The van der Waals surface area contributed by atoms with Crippen LogP contribution in [0.1, 0.15) is 28.9 Å². The Hall–Kier alpha value is -1.62. The molecule has 2 aromatic heterocycles. The summed E-state index contributed by atoms with van der Waals surface area (Å²) < 4.78 is 5.36. The maximum Gasteiger partial charge on any atom is 0.195 e. The van der Waals surface area contributed by atoms with Crippen molar-refractivity contribution in [1.82, 2.24) is 9.97 Å². The molecule has 0 aromatic carbocycles. The van der Waals surface area contributed by atoms with Crippen LogP contribution in [-0.2, 0) is 0 Å². The van der Waals surface area contributed by atoms with Crippen molar-refractivity contribution in [3.8, 4) is 0 Å². The van der Waals surface area contributed by atoms with Crippen LogP contribution >= 0.6 is 11.8 Å². The van der Waals surface area contributed by atoms with E-state index in [2.05, 4.69) is 9.97 Å². The van der Waals surface area contributed by atoms with Gasteiger partial charge in [-0.3, -0.25) is 4.79 Å². The number of aromatic nitrogens is 2. The highest BCUT2D eigenvalue weighted by atomic mass is 32.2. The minimum absolute atomic E-state index is 0.0850. The average Bonchev–Trinajstić information content (AvgIpc) is 2.64. The molecule has 0 amide bonds. The van der Waals surface area contributed by atoms with Gasteiger partial charge < -0.3 is 4.42 Å². The molecule has 4 nitrogen and oxygen atoms in total. The van der Waals surface area contributed by atoms with E-state index in [1.165, 1.54) is 18.7 Å². The van der Waals surface area contributed by atoms with Crippen LogP contribution in [0, 0.1) is 13.8 Å². The summed E-state index contributed by atoms with van der Waals surface area (Å²) >= 11 is 1.31. The molecule has 0 aliphatic rings. The first-order chi connectivity index (χ1) is 8.04. The molecule has 5 heteroatoms. The van der Waals surface area contributed by atoms with Gasteiger partial charge in [-0.2, -0.15) is 0 Å². The molecule has 0 bridgehead atoms. The largest absolute Gasteiger partial charge is 0.446 e. The van der Waals surface area contributed by atoms with Crippen LogP contribution in [0.5, 0.6) is 0 Å². The van der Waals surface area contributed by atoms with E-state index in [9.17, 15) is 4.79 Å². The molecule has 0 saturated heterocycles. The van der Waals surface area contributed by atoms with E-state index in [-0.39, 0.29) is 5.78 Å². The highest BCUT2D eigenvalue weighted by molar-refractivity contribution is 7.99. The molecule has 0 atom stereocenters. The molecule has 0 fully saturated rings. The lowest BCUT2D eigenvalue weighted by Gasteiger charge is -2.00. The van der Waals surface area contributed by atoms with Gasteiger partial charge in [0.2, 0.25) is 0 Å². The summed E-state index contributed by atoms with van der Waals surface area (Å²) in [6.45, 7) is 5.31. The maximum atomic E-state index is 11.1. The van der Waals surface area contributed by atoms with Crippen LogP contribution in [0.3, 0.4) is 0 Å². The molecule has 17 heavy (non-hydrogen) atoms. The first kappa shape index (κ1) is 11.9. The second-order valence-corrected chi connectivity index (χ2v) is 4.68. The molecular weight excluding hydrogens is 236 g/mol. The predicted molar refractivity (Wildman–Crippen MR) is 64.3 cm³/mol. The Morgan fingerprint density at radius 1 is 1.24 bits per heavy atom. The molecular formula is C12H12N2O2S. The Morgan fingerprint density at radius 3 is 2.41 bits per heavy atom. The molecule has 88 valence electrons. The van der Waals surface area contributed by atoms with E-state index >= 15 is 0 Å². The van der Waals surface area contributed by atoms with E-state index in [1.54, 1.807) is 12.1 Å². The number of carbonyl (C=O) groups excluding carboxylic acids is 1. The molecule has 0 unspecified atom stereocenters. The van der Waals surface area contributed by atoms with Gasteiger partial charge in [0, 0.05) is 18.3 Å². The number of hydrogen-bond acceptors (Lipinski definition) is 5. The van der Waals surface area contributed by atoms with Crippen LogP contribution in [-0.4, -0.2) is 15.8 Å². The van der Waals surface area contributed by atoms with Crippen LogP contribution in [0.2, 0.25) is 0 Å². The first-order valence-corrected chi connectivity index (χ1v) is 5.97. The van der Waals surface area contributed by atoms with E-state index in [1.807, 2.05) is 19.9 Å². The van der Waals surface area contributed by atoms with E-state index in [0.29, 0.717) is 16.0 Å². The summed E-state index contributed by atoms with van der Waals surface area (Å²) in [7, 11) is 0. The number of ketones is 1. The minimum atomic E-state index is -0.0850. The highest BCUT2D eigenvalue weighted by Crippen LogP contribution is 2.27. The minimum Gasteiger partial charge on any atom is -0.446 e. The third-order valence-corrected chi connectivity index (χ3v) is 2.87. The van der Waals surface area contributed by atoms with Gasteiger partial charge in [-0.15, -0.1) is 0 Å². The second kappa shape index (κ2) is 4.71. The number of nitrogens with zero attached hydrogens (tertiary/aromatic N) is 2. The number of furan rings is 1. The van der Waals surface area contributed by atoms with Gasteiger partial charge in [0.05, 0.1) is 0 Å². The third-order valence-electron chi connectivity index (χ3n) is 2.08. The molecule has 2 heterocycles. The van der Waals surface area contributed by atoms with Crippen LogP contribution in [0.25, 0.3) is 0 Å². The molecule has 0 aliphatic heterocycles. The molecule has 0 radical (unpaired) electrons. The van der Waals surface area contributed by atoms with Gasteiger partial charge in [0.15, 0.2) is 21.8 Å². The molecule has 0 aliphatic carbocycles. The van der Waals surface area contributed by atoms with E-state index < -0.39 is 0 Å². The highest BCUT2D eigenvalue weighted by Gasteiger charge is 2.09. The van der Waals surface area contributed by atoms with Crippen molar-refractivity contribution in [3.63, 3.8) is 0 Å². The molecule has 0 saturated carbocycles. The van der Waals surface area contributed by atoms with E-state index in [0.717, 1.165) is 11.4 Å². The van der Waals surface area contributed by atoms with Crippen molar-refractivity contribution >= 4 is 17.5 Å². The fourth-order valence-corrected chi connectivity index (χ4v) is 2.22. The van der Waals surface area contributed by atoms with Gasteiger partial charge in [-0.05, 0) is 43.8 Å². The summed E-state index contributed by atoms with van der Waals surface area (Å²) in [6.07, 6.45) is 0. The average molecular weight is 248 g/mol. The van der Waals surface area contributed by atoms with Gasteiger partial charge in [0.1, 0.15) is 0 Å². The quantitative estimate of drug-likeness (QED) is 0.617. The zero-order chi connectivity index (χ0) is 12.4. The smallest absolute Gasteiger partial charge is 0.195 e. The maximum absolute atomic E-state index is 11.1. The second-order valence-electron chi connectivity index (χ2n) is 3.71. The zero-order valence-corrected chi connectivity index (χ0v) is 10.7. The topological polar surface area (TPSA) is 56.0 Å². The van der Waals surface area contributed by atoms with Crippen molar-refractivity contribution < 1.29 is 9.21 Å². The Labute approximate surface area is 103 Å². The number of Topliss-reactive ketones (excluding diaryl/α,β-unsaturated/α-hetero) is 1. The third kappa shape index (κ3) is 2.94. The van der Waals surface area contributed by atoms with Crippen molar-refractivity contribution in [1.29, 1.82) is 0 Å². The van der Waals surface area contributed by atoms with Crippen molar-refractivity contribution in [2.75, 3.05) is 0 Å². The van der Waals surface area contributed by atoms with E-state index in [4.69, 9.17) is 4.42 Å². The van der Waals surface area contributed by atoms with Gasteiger partial charge >= 0.3 is 0 Å². The van der Waals surface area contributed by atoms with Gasteiger partial charge in [-0.25, -0.2) is 9.97 Å². The van der Waals surface area contributed by atoms with Crippen molar-refractivity contribution in [2.45, 2.75) is 31.0 Å². The Morgan fingerprint density at radius 2 is 1.88 bits per heavy atom. The lowest BCUT2D eigenvalue weighted by molar-refractivity contribution is 0.0982. The lowest BCUT2D eigenvalue weighted by atomic mass is 10.3. The lowest BCUT2D eigenvalue weighted by Crippen LogP contribution is -1.92. The summed E-state index contributed by atoms with van der Waals surface area (Å²) in [5.41, 5.74) is 1.83. The Kier molecular flexibility index (Phi) is 3.28. The first-order valence-electron chi connectivity index (χ1n) is 5.15. The Balaban J connectivity index is 2.22. The Bertz CT molecular complexity index is 543. The molecule has 0 spiro atoms. The molecule has 2 rings (SSSR count). The zero-order valence-electron chi connectivity index (χ0n) is 9.85. The van der Waals surface area contributed by atoms with Crippen molar-refractivity contribution in [3.05, 3.63) is 35.3 Å². The SMILES string of the molecule is CC(=O)c1ccc(Sc2nc(C)cc(C)n2)o1. The summed E-state index contributed by atoms with van der Waals surface area (Å²) in [6, 6.07) is 5.32. The van der Waals surface area contributed by atoms with Crippen molar-refractivity contribution in [2.24, 2.45) is 0 Å². The fourth-order valence-electron chi connectivity index (χ4n) is 1.39. The number of aryl methyl sites for hydroxylation is 2. The standard InChI is InChI=1S/C12H12N2O2S/c1-7-6-8(2)14-12(13-7)17-11-5-4-10(16-11)9(3)15/h4-6H,1-3H3. The fraction of sp³-hybridized carbons (Fsp3) is 0.250. The molecule has 2 aromatic rings. The summed E-state index contributed by atoms with van der Waals surface area (Å²) in [5.74, 6) is 0.273. The molecule has 0 N–H and O–H groups in total. The summed E-state index contributed by atoms with van der Waals surface area (Å²) in [4.78, 5) is 19.7. The number of carbonyl (C=O) groups is 1. The monoisotopic (exact) mass is 248 g/mol. The van der Waals surface area contributed by atoms with Crippen LogP contribution < -0.4 is 0 Å². The number of rotatable bonds is 3. The summed E-state index contributed by atoms with van der Waals surface area (Å²) in [5, 5.41) is 1.26. The van der Waals surface area contributed by atoms with Gasteiger partial charge in [0.25, 0.3) is 0 Å². The van der Waals surface area contributed by atoms with Crippen LogP contribution in [0.4, 0.5) is 0 Å². The van der Waals surface area contributed by atoms with Gasteiger partial charge in [-0.1, -0.05) is 0 Å². The van der Waals surface area contributed by atoms with Crippen LogP contribution in [0.15, 0.2) is 32.9 Å². The normalized spacial score (nSPS) is 10.5. The number of hydrogen-bond donors (Lipinski definition) is 0.